The molecule has 3 atom stereocenters. The quantitative estimate of drug-likeness (QED) is 0.130. The maximum Gasteiger partial charge on any atom is 0.326 e. The van der Waals surface area contributed by atoms with Gasteiger partial charge in [-0.3, -0.25) is 19.2 Å². The maximum atomic E-state index is 12.9. The number of quaternary nitrogens is 1. The second-order valence-corrected chi connectivity index (χ2v) is 10.0. The Labute approximate surface area is 236 Å². The zero-order valence-electron chi connectivity index (χ0n) is 22.2. The van der Waals surface area contributed by atoms with Gasteiger partial charge in [0, 0.05) is 12.8 Å². The van der Waals surface area contributed by atoms with Gasteiger partial charge in [0.2, 0.25) is 17.7 Å². The van der Waals surface area contributed by atoms with Crippen LogP contribution in [0.1, 0.15) is 17.5 Å². The van der Waals surface area contributed by atoms with E-state index < -0.39 is 54.3 Å². The number of carboxylic acid groups (broad SMARTS) is 1. The second kappa shape index (κ2) is 16.8. The van der Waals surface area contributed by atoms with Crippen LogP contribution in [-0.4, -0.2) is 83.0 Å². The average Bonchev–Trinajstić information content (AvgIpc) is 2.93. The number of carboxylic acids is 1. The molecule has 2 aromatic carbocycles. The molecular weight excluding hydrogens is 538 g/mol. The predicted octanol–water partition coefficient (Wildman–Crippen LogP) is -1.17. The number of carbonyl (C=O) groups is 5. The van der Waals surface area contributed by atoms with Crippen LogP contribution in [0, 0.1) is 0 Å². The van der Waals surface area contributed by atoms with Gasteiger partial charge in [-0.1, -0.05) is 42.5 Å². The van der Waals surface area contributed by atoms with E-state index in [1.165, 1.54) is 23.9 Å². The average molecular weight is 575 g/mol. The minimum atomic E-state index is -1.17. The Balaban J connectivity index is 1.88. The monoisotopic (exact) mass is 574 g/mol. The summed E-state index contributed by atoms with van der Waals surface area (Å²) in [5, 5.41) is 28.7. The van der Waals surface area contributed by atoms with Crippen molar-refractivity contribution >= 4 is 41.4 Å². The van der Waals surface area contributed by atoms with E-state index in [1.54, 1.807) is 42.5 Å². The van der Waals surface area contributed by atoms with Gasteiger partial charge in [0.25, 0.3) is 5.91 Å². The van der Waals surface area contributed by atoms with E-state index in [4.69, 9.17) is 0 Å². The molecule has 0 fully saturated rings. The van der Waals surface area contributed by atoms with E-state index in [9.17, 15) is 34.2 Å². The van der Waals surface area contributed by atoms with Crippen molar-refractivity contribution in [3.8, 4) is 5.75 Å². The van der Waals surface area contributed by atoms with Crippen molar-refractivity contribution in [3.63, 3.8) is 0 Å². The summed E-state index contributed by atoms with van der Waals surface area (Å²) in [5.41, 5.74) is 5.34. The fourth-order valence-electron chi connectivity index (χ4n) is 3.63. The van der Waals surface area contributed by atoms with Gasteiger partial charge in [0.15, 0.2) is 6.04 Å². The lowest BCUT2D eigenvalue weighted by Crippen LogP contribution is -2.68. The van der Waals surface area contributed by atoms with Gasteiger partial charge in [-0.15, -0.1) is 0 Å². The topological polar surface area (TPSA) is 202 Å². The number of hydrogen-bond donors (Lipinski definition) is 7. The third-order valence-electron chi connectivity index (χ3n) is 5.82. The first kappa shape index (κ1) is 32.1. The number of carbonyl (C=O) groups excluding carboxylic acids is 4. The van der Waals surface area contributed by atoms with Crippen LogP contribution in [0.2, 0.25) is 0 Å². The summed E-state index contributed by atoms with van der Waals surface area (Å²) in [6, 6.07) is 12.4. The van der Waals surface area contributed by atoms with Gasteiger partial charge in [-0.05, 0) is 41.7 Å². The van der Waals surface area contributed by atoms with Crippen LogP contribution in [0.3, 0.4) is 0 Å². The third kappa shape index (κ3) is 11.7. The van der Waals surface area contributed by atoms with Crippen molar-refractivity contribution in [2.45, 2.75) is 37.4 Å². The molecule has 4 amide bonds. The summed E-state index contributed by atoms with van der Waals surface area (Å²) in [6.07, 6.45) is 2.47. The van der Waals surface area contributed by atoms with Crippen molar-refractivity contribution in [1.29, 1.82) is 0 Å². The standard InChI is InChI=1S/C27H35N5O7S/c1-40-12-11-21(27(38)39)32-26(37)22(14-17-5-3-2-4-6-17)31-24(35)16-29-23(34)15-30-25(36)20(28)13-18-7-9-19(33)10-8-18/h2-10,20-22,33H,11-16,28H2,1H3,(H,29,34)(H,30,36)(H,31,35)(H,32,37)(H,38,39)/p+1. The van der Waals surface area contributed by atoms with E-state index in [-0.39, 0.29) is 25.1 Å². The van der Waals surface area contributed by atoms with E-state index in [2.05, 4.69) is 27.0 Å². The number of aromatic hydroxyl groups is 1. The molecule has 2 rings (SSSR count). The first-order valence-electron chi connectivity index (χ1n) is 12.6. The smallest absolute Gasteiger partial charge is 0.326 e. The Morgan fingerprint density at radius 2 is 1.43 bits per heavy atom. The minimum Gasteiger partial charge on any atom is -0.508 e. The van der Waals surface area contributed by atoms with Crippen molar-refractivity contribution in [2.75, 3.05) is 25.1 Å². The lowest BCUT2D eigenvalue weighted by Gasteiger charge is -2.22. The van der Waals surface area contributed by atoms with Gasteiger partial charge < -0.3 is 37.2 Å². The van der Waals surface area contributed by atoms with Gasteiger partial charge in [0.1, 0.15) is 17.8 Å². The number of rotatable bonds is 16. The molecule has 9 N–H and O–H groups in total. The van der Waals surface area contributed by atoms with E-state index >= 15 is 0 Å². The summed E-state index contributed by atoms with van der Waals surface area (Å²) in [7, 11) is 0. The Morgan fingerprint density at radius 3 is 2.05 bits per heavy atom. The molecule has 3 unspecified atom stereocenters. The zero-order chi connectivity index (χ0) is 29.5. The van der Waals surface area contributed by atoms with E-state index in [1.807, 2.05) is 6.26 Å². The lowest BCUT2D eigenvalue weighted by atomic mass is 10.0. The number of nitrogens with one attached hydrogen (secondary N) is 4. The minimum absolute atomic E-state index is 0.108. The number of thioether (sulfide) groups is 1. The fourth-order valence-corrected chi connectivity index (χ4v) is 4.10. The highest BCUT2D eigenvalue weighted by atomic mass is 32.2. The molecule has 0 bridgehead atoms. The van der Waals surface area contributed by atoms with E-state index in [0.29, 0.717) is 12.2 Å². The molecule has 0 aliphatic carbocycles. The van der Waals surface area contributed by atoms with Crippen molar-refractivity contribution in [3.05, 3.63) is 65.7 Å². The van der Waals surface area contributed by atoms with Crippen LogP contribution in [0.25, 0.3) is 0 Å². The van der Waals surface area contributed by atoms with Crippen LogP contribution < -0.4 is 27.0 Å². The first-order chi connectivity index (χ1) is 19.1. The maximum absolute atomic E-state index is 12.9. The molecule has 0 radical (unpaired) electrons. The summed E-state index contributed by atoms with van der Waals surface area (Å²) in [5.74, 6) is -2.92. The number of amides is 4. The predicted molar refractivity (Wildman–Crippen MR) is 149 cm³/mol. The van der Waals surface area contributed by atoms with Crippen LogP contribution in [0.4, 0.5) is 0 Å². The van der Waals surface area contributed by atoms with E-state index in [0.717, 1.165) is 11.1 Å². The molecule has 2 aromatic rings. The number of hydrogen-bond acceptors (Lipinski definition) is 7. The van der Waals surface area contributed by atoms with Gasteiger partial charge >= 0.3 is 5.97 Å². The zero-order valence-corrected chi connectivity index (χ0v) is 23.0. The molecule has 216 valence electrons. The highest BCUT2D eigenvalue weighted by Gasteiger charge is 2.27. The number of benzene rings is 2. The van der Waals surface area contributed by atoms with Crippen LogP contribution in [-0.2, 0) is 36.8 Å². The summed E-state index contributed by atoms with van der Waals surface area (Å²) in [4.78, 5) is 61.6. The highest BCUT2D eigenvalue weighted by molar-refractivity contribution is 7.98. The van der Waals surface area contributed by atoms with Crippen LogP contribution in [0.5, 0.6) is 5.75 Å². The Bertz CT molecular complexity index is 1150. The molecule has 0 heterocycles. The molecule has 0 aliphatic heterocycles. The van der Waals surface area contributed by atoms with Gasteiger partial charge in [-0.25, -0.2) is 4.79 Å². The molecule has 0 aromatic heterocycles. The van der Waals surface area contributed by atoms with Crippen molar-refractivity contribution < 1.29 is 39.9 Å². The SMILES string of the molecule is CSCCC(NC(=O)C(Cc1ccccc1)NC(=O)CNC(=O)CNC(=O)C([NH3+])Cc1ccc(O)cc1)C(=O)O. The third-order valence-corrected chi connectivity index (χ3v) is 6.46. The van der Waals surface area contributed by atoms with Gasteiger partial charge in [0.05, 0.1) is 13.1 Å². The van der Waals surface area contributed by atoms with Crippen molar-refractivity contribution in [2.24, 2.45) is 0 Å². The molecule has 0 aliphatic rings. The summed E-state index contributed by atoms with van der Waals surface area (Å²) in [6.45, 7) is -0.833. The number of phenols is 1. The van der Waals surface area contributed by atoms with Crippen molar-refractivity contribution in [1.82, 2.24) is 21.3 Å². The Kier molecular flexibility index (Phi) is 13.5. The Hall–Kier alpha value is -4.10. The summed E-state index contributed by atoms with van der Waals surface area (Å²) < 4.78 is 0. The molecule has 40 heavy (non-hydrogen) atoms. The summed E-state index contributed by atoms with van der Waals surface area (Å²) >= 11 is 1.45. The molecular formula is C27H36N5O7S+. The van der Waals surface area contributed by atoms with Gasteiger partial charge in [-0.2, -0.15) is 11.8 Å². The number of phenolic OH excluding ortho intramolecular Hbond substituents is 1. The highest BCUT2D eigenvalue weighted by Crippen LogP contribution is 2.10. The fraction of sp³-hybridized carbons (Fsp3) is 0.370. The van der Waals surface area contributed by atoms with Crippen LogP contribution in [0.15, 0.2) is 54.6 Å². The molecule has 13 heteroatoms. The first-order valence-corrected chi connectivity index (χ1v) is 14.0. The Morgan fingerprint density at radius 1 is 0.800 bits per heavy atom. The molecule has 0 saturated carbocycles. The molecule has 0 spiro atoms. The second-order valence-electron chi connectivity index (χ2n) is 9.05. The lowest BCUT2D eigenvalue weighted by molar-refractivity contribution is -0.403. The normalized spacial score (nSPS) is 12.8. The number of aliphatic carboxylic acids is 1. The molecule has 0 saturated heterocycles. The van der Waals surface area contributed by atoms with Crippen LogP contribution >= 0.6 is 11.8 Å². The largest absolute Gasteiger partial charge is 0.508 e. The molecule has 12 nitrogen and oxygen atoms in total.